The van der Waals surface area contributed by atoms with E-state index >= 15 is 0 Å². The Kier molecular flexibility index (Phi) is 7.31. The standard InChI is InChI=1S/C27H30F2N4O5/c1-35-22-11-20(8-7-19(22)12-33-10-2-9-27(33)15-36-16-27)37-21-13-32(14-21)26(34)25(31)38-24(30)18-5-3-17(4-6-18)23(28)29/h3-8,11,21,23,30-31H,2,9-10,12-16H2,1H3. The van der Waals surface area contributed by atoms with Gasteiger partial charge >= 0.3 is 5.91 Å². The smallest absolute Gasteiger partial charge is 0.309 e. The topological polar surface area (TPSA) is 108 Å². The van der Waals surface area contributed by atoms with Gasteiger partial charge in [-0.3, -0.25) is 20.5 Å². The van der Waals surface area contributed by atoms with E-state index in [2.05, 4.69) is 4.90 Å². The lowest BCUT2D eigenvalue weighted by Crippen LogP contribution is -2.58. The van der Waals surface area contributed by atoms with Gasteiger partial charge < -0.3 is 23.8 Å². The molecule has 0 aromatic heterocycles. The fraction of sp³-hybridized carbons (Fsp3) is 0.444. The molecule has 0 bridgehead atoms. The van der Waals surface area contributed by atoms with Gasteiger partial charge in [0.1, 0.15) is 17.6 Å². The fourth-order valence-corrected chi connectivity index (χ4v) is 5.04. The minimum Gasteiger partial charge on any atom is -0.496 e. The lowest BCUT2D eigenvalue weighted by molar-refractivity contribution is -0.133. The largest absolute Gasteiger partial charge is 0.496 e. The van der Waals surface area contributed by atoms with Gasteiger partial charge in [0.25, 0.3) is 12.3 Å². The van der Waals surface area contributed by atoms with Crippen LogP contribution in [0.4, 0.5) is 8.78 Å². The van der Waals surface area contributed by atoms with Crippen molar-refractivity contribution in [3.8, 4) is 11.5 Å². The highest BCUT2D eigenvalue weighted by Gasteiger charge is 2.47. The highest BCUT2D eigenvalue weighted by Crippen LogP contribution is 2.38. The number of hydrogen-bond donors (Lipinski definition) is 2. The third kappa shape index (κ3) is 5.21. The number of likely N-dealkylation sites (tertiary alicyclic amines) is 2. The number of amides is 1. The number of nitrogens with zero attached hydrogens (tertiary/aromatic N) is 2. The van der Waals surface area contributed by atoms with Crippen LogP contribution < -0.4 is 9.47 Å². The van der Waals surface area contributed by atoms with Crippen LogP contribution in [0.5, 0.6) is 11.5 Å². The van der Waals surface area contributed by atoms with Crippen LogP contribution in [0.3, 0.4) is 0 Å². The van der Waals surface area contributed by atoms with Crippen LogP contribution in [-0.4, -0.2) is 79.1 Å². The summed E-state index contributed by atoms with van der Waals surface area (Å²) in [7, 11) is 1.63. The molecule has 0 unspecified atom stereocenters. The monoisotopic (exact) mass is 528 g/mol. The second kappa shape index (κ2) is 10.7. The summed E-state index contributed by atoms with van der Waals surface area (Å²) in [5, 5.41) is 15.8. The molecule has 3 fully saturated rings. The highest BCUT2D eigenvalue weighted by atomic mass is 19.3. The van der Waals surface area contributed by atoms with Gasteiger partial charge in [-0.25, -0.2) is 8.78 Å². The third-order valence-corrected chi connectivity index (χ3v) is 7.36. The van der Waals surface area contributed by atoms with E-state index in [0.29, 0.717) is 5.75 Å². The molecule has 38 heavy (non-hydrogen) atoms. The summed E-state index contributed by atoms with van der Waals surface area (Å²) >= 11 is 0. The third-order valence-electron chi connectivity index (χ3n) is 7.36. The first kappa shape index (κ1) is 26.1. The van der Waals surface area contributed by atoms with Gasteiger partial charge in [0, 0.05) is 29.3 Å². The average molecular weight is 529 g/mol. The van der Waals surface area contributed by atoms with Crippen LogP contribution >= 0.6 is 0 Å². The number of hydrogen-bond acceptors (Lipinski definition) is 8. The number of halogens is 2. The van der Waals surface area contributed by atoms with Crippen molar-refractivity contribution in [2.75, 3.05) is 40.0 Å². The minimum atomic E-state index is -2.62. The van der Waals surface area contributed by atoms with Crippen molar-refractivity contribution in [1.29, 1.82) is 10.8 Å². The number of nitrogens with one attached hydrogen (secondary N) is 2. The zero-order chi connectivity index (χ0) is 26.9. The lowest BCUT2D eigenvalue weighted by atomic mass is 9.93. The van der Waals surface area contributed by atoms with E-state index in [1.54, 1.807) is 7.11 Å². The van der Waals surface area contributed by atoms with Gasteiger partial charge in [0.15, 0.2) is 0 Å². The van der Waals surface area contributed by atoms with E-state index in [0.717, 1.165) is 44.0 Å². The van der Waals surface area contributed by atoms with E-state index in [-0.39, 0.29) is 35.9 Å². The second-order valence-corrected chi connectivity index (χ2v) is 9.85. The number of rotatable bonds is 7. The van der Waals surface area contributed by atoms with E-state index < -0.39 is 24.1 Å². The summed E-state index contributed by atoms with van der Waals surface area (Å²) in [5.41, 5.74) is 1.25. The average Bonchev–Trinajstić information content (AvgIpc) is 3.30. The molecule has 3 aliphatic heterocycles. The van der Waals surface area contributed by atoms with Crippen molar-refractivity contribution in [3.63, 3.8) is 0 Å². The maximum absolute atomic E-state index is 12.7. The normalized spacial score (nSPS) is 18.7. The molecular formula is C27H30F2N4O5. The molecule has 9 nitrogen and oxygen atoms in total. The zero-order valence-electron chi connectivity index (χ0n) is 21.0. The fourth-order valence-electron chi connectivity index (χ4n) is 5.04. The molecule has 11 heteroatoms. The molecule has 1 amide bonds. The van der Waals surface area contributed by atoms with Crippen molar-refractivity contribution in [1.82, 2.24) is 9.80 Å². The SMILES string of the molecule is COc1cc(OC2CN(C(=O)C(=N)OC(=N)c3ccc(C(F)F)cc3)C2)ccc1CN1CCCC12COC2. The molecule has 3 aliphatic rings. The Bertz CT molecular complexity index is 1210. The van der Waals surface area contributed by atoms with Gasteiger partial charge in [-0.2, -0.15) is 0 Å². The van der Waals surface area contributed by atoms with Crippen molar-refractivity contribution in [2.24, 2.45) is 0 Å². The molecule has 5 rings (SSSR count). The summed E-state index contributed by atoms with van der Waals surface area (Å²) in [6.07, 6.45) is -0.546. The lowest BCUT2D eigenvalue weighted by Gasteiger charge is -2.45. The van der Waals surface area contributed by atoms with Crippen LogP contribution in [0.15, 0.2) is 42.5 Å². The summed E-state index contributed by atoms with van der Waals surface area (Å²) in [6, 6.07) is 10.7. The van der Waals surface area contributed by atoms with Crippen molar-refractivity contribution in [3.05, 3.63) is 59.2 Å². The predicted molar refractivity (Wildman–Crippen MR) is 134 cm³/mol. The highest BCUT2D eigenvalue weighted by molar-refractivity contribution is 6.36. The van der Waals surface area contributed by atoms with Crippen LogP contribution in [0, 0.1) is 10.8 Å². The second-order valence-electron chi connectivity index (χ2n) is 9.85. The van der Waals surface area contributed by atoms with Crippen molar-refractivity contribution in [2.45, 2.75) is 37.5 Å². The number of ether oxygens (including phenoxy) is 4. The molecule has 2 aromatic carbocycles. The summed E-state index contributed by atoms with van der Waals surface area (Å²) in [4.78, 5) is 16.4. The zero-order valence-corrected chi connectivity index (χ0v) is 21.0. The van der Waals surface area contributed by atoms with Crippen LogP contribution in [0.2, 0.25) is 0 Å². The summed E-state index contributed by atoms with van der Waals surface area (Å²) in [6.45, 7) is 3.92. The number of carbonyl (C=O) groups is 1. The molecule has 2 aromatic rings. The Morgan fingerprint density at radius 2 is 1.89 bits per heavy atom. The van der Waals surface area contributed by atoms with E-state index in [1.807, 2.05) is 18.2 Å². The van der Waals surface area contributed by atoms with Gasteiger partial charge in [-0.1, -0.05) is 18.2 Å². The Morgan fingerprint density at radius 1 is 1.16 bits per heavy atom. The molecule has 2 N–H and O–H groups in total. The van der Waals surface area contributed by atoms with E-state index in [9.17, 15) is 13.6 Å². The molecule has 0 atom stereocenters. The van der Waals surface area contributed by atoms with Crippen molar-refractivity contribution >= 4 is 17.7 Å². The molecule has 0 radical (unpaired) electrons. The maximum atomic E-state index is 12.7. The molecular weight excluding hydrogens is 498 g/mol. The first-order valence-electron chi connectivity index (χ1n) is 12.5. The van der Waals surface area contributed by atoms with Gasteiger partial charge in [-0.05, 0) is 37.6 Å². The Labute approximate surface area is 219 Å². The Hall–Kier alpha value is -3.57. The van der Waals surface area contributed by atoms with E-state index in [4.69, 9.17) is 29.8 Å². The van der Waals surface area contributed by atoms with Gasteiger partial charge in [-0.15, -0.1) is 0 Å². The molecule has 3 heterocycles. The summed E-state index contributed by atoms with van der Waals surface area (Å²) in [5.74, 6) is -0.479. The van der Waals surface area contributed by atoms with Crippen LogP contribution in [0.1, 0.15) is 36.0 Å². The summed E-state index contributed by atoms with van der Waals surface area (Å²) < 4.78 is 47.6. The van der Waals surface area contributed by atoms with E-state index in [1.165, 1.54) is 35.6 Å². The molecule has 3 saturated heterocycles. The quantitative estimate of drug-likeness (QED) is 0.420. The van der Waals surface area contributed by atoms with Crippen LogP contribution in [0.25, 0.3) is 0 Å². The van der Waals surface area contributed by atoms with Gasteiger partial charge in [0.05, 0.1) is 39.0 Å². The Balaban J connectivity index is 1.11. The number of methoxy groups -OCH3 is 1. The molecule has 1 spiro atoms. The molecule has 0 saturated carbocycles. The van der Waals surface area contributed by atoms with Crippen LogP contribution in [-0.2, 0) is 20.8 Å². The van der Waals surface area contributed by atoms with Gasteiger partial charge in [0.2, 0.25) is 5.90 Å². The molecule has 0 aliphatic carbocycles. The molecule has 202 valence electrons. The first-order valence-corrected chi connectivity index (χ1v) is 12.5. The number of benzene rings is 2. The Morgan fingerprint density at radius 3 is 2.53 bits per heavy atom. The van der Waals surface area contributed by atoms with Crippen molar-refractivity contribution < 1.29 is 32.5 Å². The number of alkyl halides is 2. The first-order chi connectivity index (χ1) is 18.3. The predicted octanol–water partition coefficient (Wildman–Crippen LogP) is 3.61. The maximum Gasteiger partial charge on any atom is 0.309 e. The minimum absolute atomic E-state index is 0.164. The number of carbonyl (C=O) groups excluding carboxylic acids is 1.